The summed E-state index contributed by atoms with van der Waals surface area (Å²) in [6.07, 6.45) is 0. The molecule has 0 N–H and O–H groups in total. The Hall–Kier alpha value is -1.49. The third-order valence-corrected chi connectivity index (χ3v) is 2.89. The highest BCUT2D eigenvalue weighted by molar-refractivity contribution is 9.10. The van der Waals surface area contributed by atoms with Crippen LogP contribution in [0.25, 0.3) is 11.0 Å². The molecule has 0 atom stereocenters. The Morgan fingerprint density at radius 2 is 2.18 bits per heavy atom. The third-order valence-electron chi connectivity index (χ3n) is 2.27. The number of methoxy groups -OCH3 is 1. The standard InChI is InChI=1S/C12H11BrO4/c1-3-16-12(14)11-5-7-4-10(15-2)8(13)6-9(7)17-11/h4-6H,3H2,1-2H3. The molecule has 0 saturated carbocycles. The first-order valence-electron chi connectivity index (χ1n) is 5.10. The van der Waals surface area contributed by atoms with Crippen LogP contribution in [0, 0.1) is 0 Å². The summed E-state index contributed by atoms with van der Waals surface area (Å²) in [5.41, 5.74) is 0.612. The third kappa shape index (κ3) is 2.29. The summed E-state index contributed by atoms with van der Waals surface area (Å²) in [7, 11) is 1.58. The molecule has 0 unspecified atom stereocenters. The lowest BCUT2D eigenvalue weighted by atomic mass is 10.2. The van der Waals surface area contributed by atoms with Crippen LogP contribution in [-0.4, -0.2) is 19.7 Å². The highest BCUT2D eigenvalue weighted by Gasteiger charge is 2.14. The minimum absolute atomic E-state index is 0.196. The number of furan rings is 1. The van der Waals surface area contributed by atoms with Crippen LogP contribution in [-0.2, 0) is 4.74 Å². The van der Waals surface area contributed by atoms with Gasteiger partial charge in [-0.2, -0.15) is 0 Å². The normalized spacial score (nSPS) is 10.5. The van der Waals surface area contributed by atoms with Crippen molar-refractivity contribution in [2.75, 3.05) is 13.7 Å². The Kier molecular flexibility index (Phi) is 3.38. The smallest absolute Gasteiger partial charge is 0.374 e. The van der Waals surface area contributed by atoms with E-state index in [4.69, 9.17) is 13.9 Å². The van der Waals surface area contributed by atoms with Gasteiger partial charge in [0.1, 0.15) is 11.3 Å². The molecule has 0 saturated heterocycles. The van der Waals surface area contributed by atoms with Crippen molar-refractivity contribution in [2.24, 2.45) is 0 Å². The second-order valence-corrected chi connectivity index (χ2v) is 4.21. The lowest BCUT2D eigenvalue weighted by Gasteiger charge is -2.01. The van der Waals surface area contributed by atoms with Gasteiger partial charge in [0.25, 0.3) is 0 Å². The van der Waals surface area contributed by atoms with E-state index in [-0.39, 0.29) is 5.76 Å². The van der Waals surface area contributed by atoms with Gasteiger partial charge in [0.05, 0.1) is 18.2 Å². The molecule has 0 spiro atoms. The molecule has 0 radical (unpaired) electrons. The fourth-order valence-corrected chi connectivity index (χ4v) is 1.98. The molecular weight excluding hydrogens is 288 g/mol. The maximum Gasteiger partial charge on any atom is 0.374 e. The number of ether oxygens (including phenoxy) is 2. The maximum absolute atomic E-state index is 11.5. The zero-order chi connectivity index (χ0) is 12.4. The maximum atomic E-state index is 11.5. The second-order valence-electron chi connectivity index (χ2n) is 3.36. The average Bonchev–Trinajstić information content (AvgIpc) is 2.71. The van der Waals surface area contributed by atoms with Crippen molar-refractivity contribution in [1.29, 1.82) is 0 Å². The molecule has 0 bridgehead atoms. The lowest BCUT2D eigenvalue weighted by molar-refractivity contribution is 0.0492. The first-order chi connectivity index (χ1) is 8.15. The number of carbonyl (C=O) groups is 1. The van der Waals surface area contributed by atoms with Gasteiger partial charge in [-0.15, -0.1) is 0 Å². The minimum atomic E-state index is -0.459. The molecule has 0 aliphatic heterocycles. The fraction of sp³-hybridized carbons (Fsp3) is 0.250. The van der Waals surface area contributed by atoms with Crippen molar-refractivity contribution < 1.29 is 18.7 Å². The summed E-state index contributed by atoms with van der Waals surface area (Å²) in [5, 5.41) is 0.799. The van der Waals surface area contributed by atoms with Gasteiger partial charge < -0.3 is 13.9 Å². The van der Waals surface area contributed by atoms with Crippen molar-refractivity contribution in [1.82, 2.24) is 0 Å². The van der Waals surface area contributed by atoms with Gasteiger partial charge in [0, 0.05) is 5.39 Å². The van der Waals surface area contributed by atoms with Crippen molar-refractivity contribution in [2.45, 2.75) is 6.92 Å². The highest BCUT2D eigenvalue weighted by Crippen LogP contribution is 2.32. The molecule has 1 aromatic carbocycles. The van der Waals surface area contributed by atoms with E-state index in [0.29, 0.717) is 17.9 Å². The number of fused-ring (bicyclic) bond motifs is 1. The number of esters is 1. The number of hydrogen-bond donors (Lipinski definition) is 0. The largest absolute Gasteiger partial charge is 0.496 e. The van der Waals surface area contributed by atoms with Crippen LogP contribution in [0.1, 0.15) is 17.5 Å². The first kappa shape index (κ1) is 12.0. The molecule has 17 heavy (non-hydrogen) atoms. The van der Waals surface area contributed by atoms with E-state index in [2.05, 4.69) is 15.9 Å². The Morgan fingerprint density at radius 1 is 1.41 bits per heavy atom. The zero-order valence-electron chi connectivity index (χ0n) is 9.45. The Balaban J connectivity index is 2.47. The fourth-order valence-electron chi connectivity index (χ4n) is 1.50. The molecule has 4 nitrogen and oxygen atoms in total. The van der Waals surface area contributed by atoms with Gasteiger partial charge >= 0.3 is 5.97 Å². The summed E-state index contributed by atoms with van der Waals surface area (Å²) < 4.78 is 16.2. The van der Waals surface area contributed by atoms with Gasteiger partial charge in [0.2, 0.25) is 5.76 Å². The van der Waals surface area contributed by atoms with E-state index in [1.165, 1.54) is 0 Å². The molecule has 0 amide bonds. The quantitative estimate of drug-likeness (QED) is 0.815. The number of halogens is 1. The van der Waals surface area contributed by atoms with Crippen molar-refractivity contribution in [3.63, 3.8) is 0 Å². The van der Waals surface area contributed by atoms with Crippen LogP contribution in [0.15, 0.2) is 27.1 Å². The first-order valence-corrected chi connectivity index (χ1v) is 5.89. The monoisotopic (exact) mass is 298 g/mol. The summed E-state index contributed by atoms with van der Waals surface area (Å²) >= 11 is 3.35. The van der Waals surface area contributed by atoms with Crippen molar-refractivity contribution in [3.05, 3.63) is 28.4 Å². The summed E-state index contributed by atoms with van der Waals surface area (Å²) in [6.45, 7) is 2.07. The predicted octanol–water partition coefficient (Wildman–Crippen LogP) is 3.38. The molecule has 2 aromatic rings. The molecule has 1 heterocycles. The van der Waals surface area contributed by atoms with Crippen molar-refractivity contribution in [3.8, 4) is 5.75 Å². The van der Waals surface area contributed by atoms with E-state index in [0.717, 1.165) is 9.86 Å². The molecule has 0 aliphatic carbocycles. The van der Waals surface area contributed by atoms with E-state index in [1.807, 2.05) is 0 Å². The van der Waals surface area contributed by atoms with E-state index in [1.54, 1.807) is 32.2 Å². The molecule has 1 aromatic heterocycles. The van der Waals surface area contributed by atoms with E-state index < -0.39 is 5.97 Å². The van der Waals surface area contributed by atoms with E-state index in [9.17, 15) is 4.79 Å². The molecule has 5 heteroatoms. The number of rotatable bonds is 3. The van der Waals surface area contributed by atoms with Gasteiger partial charge in [-0.1, -0.05) is 0 Å². The molecule has 0 fully saturated rings. The van der Waals surface area contributed by atoms with Crippen LogP contribution in [0.5, 0.6) is 5.75 Å². The summed E-state index contributed by atoms with van der Waals surface area (Å²) in [5.74, 6) is 0.425. The Morgan fingerprint density at radius 3 is 2.82 bits per heavy atom. The zero-order valence-corrected chi connectivity index (χ0v) is 11.0. The predicted molar refractivity (Wildman–Crippen MR) is 66.4 cm³/mol. The summed E-state index contributed by atoms with van der Waals surface area (Å²) in [6, 6.07) is 5.20. The minimum Gasteiger partial charge on any atom is -0.496 e. The van der Waals surface area contributed by atoms with Crippen LogP contribution in [0.3, 0.4) is 0 Å². The topological polar surface area (TPSA) is 48.7 Å². The van der Waals surface area contributed by atoms with Gasteiger partial charge in [-0.25, -0.2) is 4.79 Å². The molecular formula is C12H11BrO4. The van der Waals surface area contributed by atoms with Crippen LogP contribution >= 0.6 is 15.9 Å². The molecule has 2 rings (SSSR count). The summed E-state index contributed by atoms with van der Waals surface area (Å²) in [4.78, 5) is 11.5. The van der Waals surface area contributed by atoms with Crippen LogP contribution < -0.4 is 4.74 Å². The van der Waals surface area contributed by atoms with Gasteiger partial charge in [-0.05, 0) is 41.1 Å². The Labute approximate surface area is 107 Å². The second kappa shape index (κ2) is 4.79. The Bertz CT molecular complexity index is 559. The van der Waals surface area contributed by atoms with Crippen LogP contribution in [0.2, 0.25) is 0 Å². The van der Waals surface area contributed by atoms with E-state index >= 15 is 0 Å². The highest BCUT2D eigenvalue weighted by atomic mass is 79.9. The molecule has 0 aliphatic rings. The van der Waals surface area contributed by atoms with Crippen molar-refractivity contribution >= 4 is 32.9 Å². The van der Waals surface area contributed by atoms with Crippen LogP contribution in [0.4, 0.5) is 0 Å². The lowest BCUT2D eigenvalue weighted by Crippen LogP contribution is -2.02. The average molecular weight is 299 g/mol. The van der Waals surface area contributed by atoms with Gasteiger partial charge in [0.15, 0.2) is 0 Å². The number of carbonyl (C=O) groups excluding carboxylic acids is 1. The van der Waals surface area contributed by atoms with Gasteiger partial charge in [-0.3, -0.25) is 0 Å². The number of hydrogen-bond acceptors (Lipinski definition) is 4. The SMILES string of the molecule is CCOC(=O)c1cc2cc(OC)c(Br)cc2o1. The molecule has 90 valence electrons. The number of benzene rings is 1.